The Labute approximate surface area is 130 Å². The van der Waals surface area contributed by atoms with Gasteiger partial charge in [-0.1, -0.05) is 12.2 Å². The lowest BCUT2D eigenvalue weighted by Crippen LogP contribution is -2.63. The lowest BCUT2D eigenvalue weighted by Gasteiger charge is -2.31. The molecule has 0 saturated heterocycles. The molecule has 0 spiro atoms. The zero-order valence-electron chi connectivity index (χ0n) is 11.6. The highest BCUT2D eigenvalue weighted by atomic mass is 32.2. The van der Waals surface area contributed by atoms with Crippen LogP contribution in [0.5, 0.6) is 0 Å². The van der Waals surface area contributed by atoms with Crippen molar-refractivity contribution in [2.45, 2.75) is 23.3 Å². The van der Waals surface area contributed by atoms with Crippen molar-refractivity contribution in [3.05, 3.63) is 25.3 Å². The number of rotatable bonds is 7. The highest BCUT2D eigenvalue weighted by Crippen LogP contribution is 2.54. The first kappa shape index (κ1) is 25.0. The van der Waals surface area contributed by atoms with Crippen LogP contribution >= 0.6 is 0 Å². The number of hydrogen-bond donors (Lipinski definition) is 2. The molecule has 0 amide bonds. The molecule has 14 heteroatoms. The van der Waals surface area contributed by atoms with Crippen LogP contribution < -0.4 is 5.32 Å². The highest BCUT2D eigenvalue weighted by Gasteiger charge is 2.85. The summed E-state index contributed by atoms with van der Waals surface area (Å²) in [5, 5.41) is -3.95. The number of halogens is 9. The Balaban J connectivity index is 0. The molecule has 2 N–H and O–H groups in total. The Morgan fingerprint density at radius 3 is 1.38 bits per heavy atom. The first-order valence-corrected chi connectivity index (χ1v) is 6.95. The first-order chi connectivity index (χ1) is 10.4. The van der Waals surface area contributed by atoms with Crippen LogP contribution in [0.2, 0.25) is 0 Å². The molecular formula is C10H12F9NO3S. The minimum absolute atomic E-state index is 0.867. The molecule has 0 unspecified atom stereocenters. The molecule has 0 radical (unpaired) electrons. The van der Waals surface area contributed by atoms with Crippen molar-refractivity contribution in [3.63, 3.8) is 0 Å². The maximum absolute atomic E-state index is 12.2. The van der Waals surface area contributed by atoms with E-state index in [-0.39, 0.29) is 0 Å². The number of hydrogen-bond acceptors (Lipinski definition) is 3. The van der Waals surface area contributed by atoms with Crippen LogP contribution in [0.15, 0.2) is 25.3 Å². The summed E-state index contributed by atoms with van der Waals surface area (Å²) >= 11 is 0. The first-order valence-electron chi connectivity index (χ1n) is 5.51. The smallest absolute Gasteiger partial charge is 0.310 e. The number of alkyl halides is 9. The van der Waals surface area contributed by atoms with E-state index >= 15 is 0 Å². The van der Waals surface area contributed by atoms with Crippen LogP contribution in [-0.4, -0.2) is 49.3 Å². The zero-order valence-corrected chi connectivity index (χ0v) is 12.4. The summed E-state index contributed by atoms with van der Waals surface area (Å²) in [4.78, 5) is 0. The van der Waals surface area contributed by atoms with Gasteiger partial charge in [0.1, 0.15) is 0 Å². The van der Waals surface area contributed by atoms with Crippen LogP contribution in [-0.2, 0) is 10.1 Å². The van der Waals surface area contributed by atoms with Crippen LogP contribution in [0.25, 0.3) is 0 Å². The van der Waals surface area contributed by atoms with Gasteiger partial charge < -0.3 is 5.32 Å². The van der Waals surface area contributed by atoms with Gasteiger partial charge in [0.2, 0.25) is 0 Å². The average molecular weight is 397 g/mol. The fourth-order valence-electron chi connectivity index (χ4n) is 0.810. The number of nitrogens with one attached hydrogen (secondary N) is 1. The van der Waals surface area contributed by atoms with Crippen LogP contribution in [0.3, 0.4) is 0 Å². The van der Waals surface area contributed by atoms with Crippen LogP contribution in [0, 0.1) is 0 Å². The van der Waals surface area contributed by atoms with Gasteiger partial charge in [0.05, 0.1) is 0 Å². The average Bonchev–Trinajstić information content (AvgIpc) is 2.37. The van der Waals surface area contributed by atoms with Gasteiger partial charge in [0, 0.05) is 13.1 Å². The van der Waals surface area contributed by atoms with E-state index in [4.69, 9.17) is 4.55 Å². The second-order valence-electron chi connectivity index (χ2n) is 3.87. The fourth-order valence-corrected chi connectivity index (χ4v) is 1.26. The third-order valence-corrected chi connectivity index (χ3v) is 2.92. The molecule has 0 aromatic rings. The predicted octanol–water partition coefficient (Wildman–Crippen LogP) is 3.25. The largest absolute Gasteiger partial charge is 0.460 e. The Morgan fingerprint density at radius 1 is 0.833 bits per heavy atom. The summed E-state index contributed by atoms with van der Waals surface area (Å²) in [6, 6.07) is 0. The molecule has 0 atom stereocenters. The Hall–Kier alpha value is -1.28. The van der Waals surface area contributed by atoms with E-state index in [2.05, 4.69) is 18.5 Å². The molecule has 0 aliphatic heterocycles. The summed E-state index contributed by atoms with van der Waals surface area (Å²) in [6.45, 7) is 8.81. The summed E-state index contributed by atoms with van der Waals surface area (Å²) in [7, 11) is -7.17. The molecule has 0 saturated carbocycles. The summed E-state index contributed by atoms with van der Waals surface area (Å²) in [5.41, 5.74) is 0. The normalized spacial score (nSPS) is 13.8. The Bertz CT molecular complexity index is 520. The van der Waals surface area contributed by atoms with E-state index in [0.717, 1.165) is 13.1 Å². The Morgan fingerprint density at radius 2 is 1.17 bits per heavy atom. The van der Waals surface area contributed by atoms with Gasteiger partial charge in [-0.25, -0.2) is 0 Å². The van der Waals surface area contributed by atoms with E-state index in [9.17, 15) is 47.9 Å². The minimum Gasteiger partial charge on any atom is -0.310 e. The van der Waals surface area contributed by atoms with Crippen molar-refractivity contribution in [2.24, 2.45) is 0 Å². The lowest BCUT2D eigenvalue weighted by molar-refractivity contribution is -0.382. The van der Waals surface area contributed by atoms with Crippen molar-refractivity contribution in [1.29, 1.82) is 0 Å². The van der Waals surface area contributed by atoms with Gasteiger partial charge in [0.15, 0.2) is 0 Å². The van der Waals surface area contributed by atoms with Crippen molar-refractivity contribution in [2.75, 3.05) is 13.1 Å². The fraction of sp³-hybridized carbons (Fsp3) is 0.600. The third-order valence-electron chi connectivity index (χ3n) is 2.02. The van der Waals surface area contributed by atoms with E-state index in [0.29, 0.717) is 0 Å². The maximum atomic E-state index is 12.2. The quantitative estimate of drug-likeness (QED) is 0.300. The molecule has 0 bridgehead atoms. The third kappa shape index (κ3) is 5.37. The molecule has 24 heavy (non-hydrogen) atoms. The van der Waals surface area contributed by atoms with Gasteiger partial charge in [-0.3, -0.25) is 4.55 Å². The van der Waals surface area contributed by atoms with Crippen molar-refractivity contribution in [1.82, 2.24) is 5.32 Å². The predicted molar refractivity (Wildman–Crippen MR) is 65.7 cm³/mol. The molecule has 0 aliphatic rings. The van der Waals surface area contributed by atoms with E-state index in [1.165, 1.54) is 0 Å². The molecule has 144 valence electrons. The molecule has 0 heterocycles. The van der Waals surface area contributed by atoms with Crippen molar-refractivity contribution in [3.8, 4) is 0 Å². The summed E-state index contributed by atoms with van der Waals surface area (Å²) in [6.07, 6.45) is -3.49. The molecule has 0 fully saturated rings. The van der Waals surface area contributed by atoms with Gasteiger partial charge in [0.25, 0.3) is 0 Å². The molecule has 0 aromatic carbocycles. The molecule has 4 nitrogen and oxygen atoms in total. The van der Waals surface area contributed by atoms with E-state index < -0.39 is 33.4 Å². The van der Waals surface area contributed by atoms with Gasteiger partial charge in [-0.05, 0) is 0 Å². The standard InChI is InChI=1S/C6H11N.C4HF9O3S/c1-3-5-7-6-4-2;5-1(6,3(9,10)11)2(7,8)4(12,13)17(14,15)16/h3-4,7H,1-2,5-6H2;(H,14,15,16). The summed E-state index contributed by atoms with van der Waals surface area (Å²) < 4.78 is 134. The van der Waals surface area contributed by atoms with Crippen molar-refractivity contribution >= 4 is 10.1 Å². The molecule has 0 rings (SSSR count). The lowest BCUT2D eigenvalue weighted by atomic mass is 10.1. The minimum atomic E-state index is -7.37. The van der Waals surface area contributed by atoms with Crippen LogP contribution in [0.1, 0.15) is 0 Å². The van der Waals surface area contributed by atoms with E-state index in [1.807, 2.05) is 12.2 Å². The zero-order chi connectivity index (χ0) is 20.0. The summed E-state index contributed by atoms with van der Waals surface area (Å²) in [5.74, 6) is -14.7. The topological polar surface area (TPSA) is 66.4 Å². The molecular weight excluding hydrogens is 385 g/mol. The monoisotopic (exact) mass is 397 g/mol. The van der Waals surface area contributed by atoms with Gasteiger partial charge >= 0.3 is 33.4 Å². The highest BCUT2D eigenvalue weighted by molar-refractivity contribution is 7.87. The van der Waals surface area contributed by atoms with E-state index in [1.54, 1.807) is 0 Å². The molecule has 0 aromatic heterocycles. The van der Waals surface area contributed by atoms with Gasteiger partial charge in [-0.15, -0.1) is 13.2 Å². The SMILES string of the molecule is C=CCNCC=C.O=S(=O)(O)C(F)(F)C(F)(F)C(F)(F)C(F)(F)F. The van der Waals surface area contributed by atoms with Crippen molar-refractivity contribution < 1.29 is 52.5 Å². The maximum Gasteiger partial charge on any atom is 0.460 e. The second-order valence-corrected chi connectivity index (χ2v) is 5.34. The van der Waals surface area contributed by atoms with Gasteiger partial charge in [-0.2, -0.15) is 47.9 Å². The van der Waals surface area contributed by atoms with Crippen LogP contribution in [0.4, 0.5) is 39.5 Å². The second kappa shape index (κ2) is 8.20. The Kier molecular flexibility index (Phi) is 8.53. The molecule has 0 aliphatic carbocycles.